The Balaban J connectivity index is 0.00000338. The molecular weight excluding hydrogens is 395 g/mol. The highest BCUT2D eigenvalue weighted by atomic mass is 35.5. The van der Waals surface area contributed by atoms with E-state index in [-0.39, 0.29) is 34.9 Å². The summed E-state index contributed by atoms with van der Waals surface area (Å²) in [5, 5.41) is 1.71. The minimum Gasteiger partial charge on any atom is -0.343 e. The fourth-order valence-corrected chi connectivity index (χ4v) is 3.96. The molecule has 0 bridgehead atoms. The van der Waals surface area contributed by atoms with Gasteiger partial charge in [-0.25, -0.2) is 13.1 Å². The van der Waals surface area contributed by atoms with Gasteiger partial charge in [-0.15, -0.1) is 12.4 Å². The molecule has 0 heterocycles. The van der Waals surface area contributed by atoms with Crippen LogP contribution in [0.3, 0.4) is 0 Å². The van der Waals surface area contributed by atoms with Gasteiger partial charge in [0, 0.05) is 17.6 Å². The number of alkyl halides is 3. The molecular formula is C15H21ClF3N3O3S. The van der Waals surface area contributed by atoms with Gasteiger partial charge in [-0.05, 0) is 43.9 Å². The average molecular weight is 416 g/mol. The highest BCUT2D eigenvalue weighted by Crippen LogP contribution is 2.20. The van der Waals surface area contributed by atoms with Crippen LogP contribution in [0, 0.1) is 0 Å². The fourth-order valence-electron chi connectivity index (χ4n) is 2.61. The highest BCUT2D eigenvalue weighted by Gasteiger charge is 2.28. The Morgan fingerprint density at radius 1 is 1.19 bits per heavy atom. The van der Waals surface area contributed by atoms with E-state index in [2.05, 4.69) is 4.72 Å². The molecule has 0 spiro atoms. The molecule has 1 amide bonds. The summed E-state index contributed by atoms with van der Waals surface area (Å²) in [6.45, 7) is -1.48. The van der Waals surface area contributed by atoms with Crippen molar-refractivity contribution in [3.8, 4) is 0 Å². The Morgan fingerprint density at radius 3 is 2.38 bits per heavy atom. The third-order valence-electron chi connectivity index (χ3n) is 3.95. The molecule has 0 aliphatic heterocycles. The van der Waals surface area contributed by atoms with E-state index in [1.165, 1.54) is 18.2 Å². The van der Waals surface area contributed by atoms with Gasteiger partial charge in [0.25, 0.3) is 5.91 Å². The summed E-state index contributed by atoms with van der Waals surface area (Å²) in [6.07, 6.45) is -1.87. The van der Waals surface area contributed by atoms with E-state index in [1.54, 1.807) is 5.32 Å². The van der Waals surface area contributed by atoms with Gasteiger partial charge in [0.2, 0.25) is 10.0 Å². The van der Waals surface area contributed by atoms with Crippen LogP contribution < -0.4 is 15.8 Å². The number of amides is 1. The topological polar surface area (TPSA) is 101 Å². The van der Waals surface area contributed by atoms with E-state index in [0.29, 0.717) is 25.7 Å². The first-order chi connectivity index (χ1) is 11.6. The molecule has 0 saturated heterocycles. The Morgan fingerprint density at radius 2 is 1.81 bits per heavy atom. The van der Waals surface area contributed by atoms with Crippen molar-refractivity contribution < 1.29 is 26.4 Å². The van der Waals surface area contributed by atoms with Crippen LogP contribution in [0.5, 0.6) is 0 Å². The van der Waals surface area contributed by atoms with E-state index in [1.807, 2.05) is 0 Å². The second-order valence-corrected chi connectivity index (χ2v) is 7.77. The average Bonchev–Trinajstić information content (AvgIpc) is 2.54. The smallest absolute Gasteiger partial charge is 0.343 e. The molecule has 1 aliphatic rings. The maximum Gasteiger partial charge on any atom is 0.405 e. The Bertz CT molecular complexity index is 720. The molecule has 1 aliphatic carbocycles. The first kappa shape index (κ1) is 22.7. The van der Waals surface area contributed by atoms with Gasteiger partial charge in [0.05, 0.1) is 4.90 Å². The number of hydrogen-bond donors (Lipinski definition) is 3. The van der Waals surface area contributed by atoms with Crippen molar-refractivity contribution in [3.05, 3.63) is 29.8 Å². The van der Waals surface area contributed by atoms with Crippen LogP contribution in [0.25, 0.3) is 0 Å². The molecule has 1 saturated carbocycles. The SMILES string of the molecule is Cl.NC1CCC(NS(=O)(=O)c2cccc(C(=O)NCC(F)(F)F)c2)CC1. The van der Waals surface area contributed by atoms with Gasteiger partial charge in [0.1, 0.15) is 6.54 Å². The predicted molar refractivity (Wildman–Crippen MR) is 92.6 cm³/mol. The van der Waals surface area contributed by atoms with Crippen LogP contribution in [0.15, 0.2) is 29.2 Å². The molecule has 148 valence electrons. The van der Waals surface area contributed by atoms with E-state index >= 15 is 0 Å². The van der Waals surface area contributed by atoms with Crippen LogP contribution in [-0.4, -0.2) is 39.1 Å². The van der Waals surface area contributed by atoms with Crippen LogP contribution in [0.2, 0.25) is 0 Å². The Hall–Kier alpha value is -1.36. The normalized spacial score (nSPS) is 20.9. The standard InChI is InChI=1S/C15H20F3N3O3S.ClH/c16-15(17,18)9-20-14(22)10-2-1-3-13(8-10)25(23,24)21-12-6-4-11(19)5-7-12;/h1-3,8,11-12,21H,4-7,9,19H2,(H,20,22);1H. The molecule has 26 heavy (non-hydrogen) atoms. The Labute approximate surface area is 156 Å². The molecule has 1 aromatic carbocycles. The lowest BCUT2D eigenvalue weighted by Crippen LogP contribution is -2.40. The van der Waals surface area contributed by atoms with Crippen LogP contribution in [-0.2, 0) is 10.0 Å². The van der Waals surface area contributed by atoms with Gasteiger partial charge in [0.15, 0.2) is 0 Å². The predicted octanol–water partition coefficient (Wildman–Crippen LogP) is 1.95. The molecule has 0 atom stereocenters. The minimum atomic E-state index is -4.54. The zero-order valence-corrected chi connectivity index (χ0v) is 15.4. The summed E-state index contributed by atoms with van der Waals surface area (Å²) in [4.78, 5) is 11.6. The first-order valence-corrected chi connectivity index (χ1v) is 9.28. The maximum absolute atomic E-state index is 12.4. The van der Waals surface area contributed by atoms with Gasteiger partial charge in [-0.1, -0.05) is 6.07 Å². The molecule has 6 nitrogen and oxygen atoms in total. The second kappa shape index (κ2) is 9.03. The number of sulfonamides is 1. The van der Waals surface area contributed by atoms with Crippen LogP contribution in [0.1, 0.15) is 36.0 Å². The van der Waals surface area contributed by atoms with Crippen LogP contribution >= 0.6 is 12.4 Å². The minimum absolute atomic E-state index is 0. The lowest BCUT2D eigenvalue weighted by molar-refractivity contribution is -0.123. The summed E-state index contributed by atoms with van der Waals surface area (Å²) in [5.41, 5.74) is 5.63. The number of hydrogen-bond acceptors (Lipinski definition) is 4. The Kier molecular flexibility index (Phi) is 7.87. The number of carbonyl (C=O) groups is 1. The van der Waals surface area contributed by atoms with Gasteiger partial charge in [-0.2, -0.15) is 13.2 Å². The first-order valence-electron chi connectivity index (χ1n) is 7.80. The summed E-state index contributed by atoms with van der Waals surface area (Å²) < 4.78 is 63.9. The zero-order chi connectivity index (χ0) is 18.7. The second-order valence-electron chi connectivity index (χ2n) is 6.06. The highest BCUT2D eigenvalue weighted by molar-refractivity contribution is 7.89. The van der Waals surface area contributed by atoms with Crippen molar-refractivity contribution in [1.82, 2.24) is 10.0 Å². The largest absolute Gasteiger partial charge is 0.405 e. The third kappa shape index (κ3) is 6.75. The fraction of sp³-hybridized carbons (Fsp3) is 0.533. The summed E-state index contributed by atoms with van der Waals surface area (Å²) in [6, 6.07) is 4.74. The van der Waals surface area contributed by atoms with Crippen molar-refractivity contribution in [1.29, 1.82) is 0 Å². The number of nitrogens with two attached hydrogens (primary N) is 1. The summed E-state index contributed by atoms with van der Waals surface area (Å²) in [5.74, 6) is -0.988. The van der Waals surface area contributed by atoms with Gasteiger partial charge >= 0.3 is 6.18 Å². The maximum atomic E-state index is 12.4. The molecule has 4 N–H and O–H groups in total. The van der Waals surface area contributed by atoms with Gasteiger partial charge < -0.3 is 11.1 Å². The van der Waals surface area contributed by atoms with Crippen molar-refractivity contribution in [3.63, 3.8) is 0 Å². The molecule has 11 heteroatoms. The summed E-state index contributed by atoms with van der Waals surface area (Å²) in [7, 11) is -3.87. The van der Waals surface area contributed by atoms with Crippen LogP contribution in [0.4, 0.5) is 13.2 Å². The van der Waals surface area contributed by atoms with Crippen molar-refractivity contribution >= 4 is 28.3 Å². The molecule has 1 aromatic rings. The number of carbonyl (C=O) groups excluding carboxylic acids is 1. The van der Waals surface area contributed by atoms with Crippen molar-refractivity contribution in [2.45, 2.75) is 48.8 Å². The molecule has 1 fully saturated rings. The molecule has 0 unspecified atom stereocenters. The number of nitrogens with one attached hydrogen (secondary N) is 2. The zero-order valence-electron chi connectivity index (χ0n) is 13.8. The molecule has 2 rings (SSSR count). The number of halogens is 4. The number of benzene rings is 1. The monoisotopic (exact) mass is 415 g/mol. The van der Waals surface area contributed by atoms with Crippen molar-refractivity contribution in [2.75, 3.05) is 6.54 Å². The van der Waals surface area contributed by atoms with E-state index in [0.717, 1.165) is 6.07 Å². The lowest BCUT2D eigenvalue weighted by atomic mass is 9.93. The van der Waals surface area contributed by atoms with E-state index in [4.69, 9.17) is 5.73 Å². The number of rotatable bonds is 5. The third-order valence-corrected chi connectivity index (χ3v) is 5.47. The lowest BCUT2D eigenvalue weighted by Gasteiger charge is -2.26. The molecule has 0 aromatic heterocycles. The van der Waals surface area contributed by atoms with E-state index in [9.17, 15) is 26.4 Å². The van der Waals surface area contributed by atoms with Gasteiger partial charge in [-0.3, -0.25) is 4.79 Å². The van der Waals surface area contributed by atoms with Crippen molar-refractivity contribution in [2.24, 2.45) is 5.73 Å². The summed E-state index contributed by atoms with van der Waals surface area (Å²) >= 11 is 0. The quantitative estimate of drug-likeness (QED) is 0.684. The van der Waals surface area contributed by atoms with E-state index < -0.39 is 28.7 Å². The molecule has 0 radical (unpaired) electrons.